The fourth-order valence-corrected chi connectivity index (χ4v) is 8.69. The summed E-state index contributed by atoms with van der Waals surface area (Å²) in [7, 11) is 0. The van der Waals surface area contributed by atoms with E-state index in [2.05, 4.69) is 256 Å². The highest BCUT2D eigenvalue weighted by Gasteiger charge is 2.21. The molecular weight excluding hydrogens is 759 g/mol. The van der Waals surface area contributed by atoms with Crippen LogP contribution in [0.2, 0.25) is 0 Å². The van der Waals surface area contributed by atoms with Crippen LogP contribution in [0.4, 0.5) is 5.69 Å². The van der Waals surface area contributed by atoms with E-state index in [0.717, 1.165) is 33.6 Å². The van der Waals surface area contributed by atoms with Gasteiger partial charge in [-0.1, -0.05) is 245 Å². The zero-order valence-corrected chi connectivity index (χ0v) is 36.1. The Kier molecular flexibility index (Phi) is 11.9. The van der Waals surface area contributed by atoms with Gasteiger partial charge in [0.25, 0.3) is 0 Å². The molecule has 9 aromatic rings. The van der Waals surface area contributed by atoms with Crippen molar-refractivity contribution in [3.05, 3.63) is 255 Å². The molecule has 0 aromatic heterocycles. The molecule has 0 radical (unpaired) electrons. The van der Waals surface area contributed by atoms with Gasteiger partial charge in [0.05, 0.1) is 0 Å². The van der Waals surface area contributed by atoms with Gasteiger partial charge in [-0.3, -0.25) is 0 Å². The van der Waals surface area contributed by atoms with Gasteiger partial charge in [-0.25, -0.2) is 0 Å². The molecule has 0 amide bonds. The molecule has 304 valence electrons. The van der Waals surface area contributed by atoms with Crippen LogP contribution in [0.25, 0.3) is 82.9 Å². The molecule has 0 spiro atoms. The van der Waals surface area contributed by atoms with Crippen molar-refractivity contribution < 1.29 is 0 Å². The molecule has 0 saturated carbocycles. The van der Waals surface area contributed by atoms with E-state index in [1.807, 2.05) is 6.07 Å². The molecule has 0 N–H and O–H groups in total. The van der Waals surface area contributed by atoms with Gasteiger partial charge in [-0.15, -0.1) is 0 Å². The third kappa shape index (κ3) is 8.47. The molecule has 9 rings (SSSR count). The van der Waals surface area contributed by atoms with E-state index in [0.29, 0.717) is 12.5 Å². The van der Waals surface area contributed by atoms with Crippen molar-refractivity contribution >= 4 is 32.9 Å². The Hall–Kier alpha value is -7.74. The van der Waals surface area contributed by atoms with Gasteiger partial charge < -0.3 is 4.90 Å². The molecule has 0 atom stereocenters. The van der Waals surface area contributed by atoms with Crippen LogP contribution in [-0.4, -0.2) is 6.54 Å². The number of hydrogen-bond acceptors (Lipinski definition) is 1. The molecule has 0 unspecified atom stereocenters. The molecule has 0 saturated heterocycles. The van der Waals surface area contributed by atoms with Crippen LogP contribution in [0.1, 0.15) is 19.4 Å². The van der Waals surface area contributed by atoms with Crippen molar-refractivity contribution in [1.29, 1.82) is 0 Å². The zero-order valence-electron chi connectivity index (χ0n) is 36.1. The maximum absolute atomic E-state index is 4.58. The highest BCUT2D eigenvalue weighted by molar-refractivity contribution is 6.23. The number of rotatable bonds is 13. The smallest absolute Gasteiger partial charge is 0.0415 e. The summed E-state index contributed by atoms with van der Waals surface area (Å²) in [6.07, 6.45) is 8.46. The Labute approximate surface area is 373 Å². The summed E-state index contributed by atoms with van der Waals surface area (Å²) in [5.41, 5.74) is 16.3. The number of hydrogen-bond donors (Lipinski definition) is 0. The Morgan fingerprint density at radius 1 is 0.444 bits per heavy atom. The molecule has 0 aliphatic carbocycles. The lowest BCUT2D eigenvalue weighted by molar-refractivity contribution is 0.795. The second kappa shape index (κ2) is 18.5. The Morgan fingerprint density at radius 2 is 0.905 bits per heavy atom. The van der Waals surface area contributed by atoms with E-state index in [-0.39, 0.29) is 0 Å². The number of allylic oxidation sites excluding steroid dienone is 4. The van der Waals surface area contributed by atoms with Crippen LogP contribution >= 0.6 is 0 Å². The first-order valence-electron chi connectivity index (χ1n) is 21.9. The summed E-state index contributed by atoms with van der Waals surface area (Å²) in [5, 5.41) is 4.90. The normalized spacial score (nSPS) is 11.5. The fourth-order valence-electron chi connectivity index (χ4n) is 8.69. The van der Waals surface area contributed by atoms with E-state index in [1.54, 1.807) is 0 Å². The van der Waals surface area contributed by atoms with Gasteiger partial charge in [0, 0.05) is 17.9 Å². The van der Waals surface area contributed by atoms with E-state index in [4.69, 9.17) is 0 Å². The summed E-state index contributed by atoms with van der Waals surface area (Å²) in [6, 6.07) is 74.7. The first-order valence-corrected chi connectivity index (χ1v) is 21.9. The van der Waals surface area contributed by atoms with Crippen molar-refractivity contribution in [3.8, 4) is 55.6 Å². The number of benzene rings is 9. The highest BCUT2D eigenvalue weighted by atomic mass is 15.1. The molecule has 0 bridgehead atoms. The number of nitrogens with zero attached hydrogens (tertiary/aromatic N) is 1. The van der Waals surface area contributed by atoms with Crippen LogP contribution in [-0.2, 0) is 0 Å². The highest BCUT2D eigenvalue weighted by Crippen LogP contribution is 2.48. The number of fused-ring (bicyclic) bond motifs is 2. The first-order chi connectivity index (χ1) is 31.0. The van der Waals surface area contributed by atoms with Crippen LogP contribution in [0.15, 0.2) is 249 Å². The summed E-state index contributed by atoms with van der Waals surface area (Å²) in [6.45, 7) is 13.8. The lowest BCUT2D eigenvalue weighted by atomic mass is 9.81. The predicted octanol–water partition coefficient (Wildman–Crippen LogP) is 17.1. The van der Waals surface area contributed by atoms with Gasteiger partial charge in [0.1, 0.15) is 0 Å². The topological polar surface area (TPSA) is 3.24 Å². The van der Waals surface area contributed by atoms with E-state index >= 15 is 0 Å². The van der Waals surface area contributed by atoms with Gasteiger partial charge in [-0.2, -0.15) is 0 Å². The van der Waals surface area contributed by atoms with Crippen molar-refractivity contribution in [1.82, 2.24) is 0 Å². The summed E-state index contributed by atoms with van der Waals surface area (Å²) < 4.78 is 0. The molecule has 0 heterocycles. The second-order valence-electron chi connectivity index (χ2n) is 16.4. The van der Waals surface area contributed by atoms with E-state index < -0.39 is 0 Å². The van der Waals surface area contributed by atoms with Crippen molar-refractivity contribution in [2.75, 3.05) is 11.4 Å². The Balaban J connectivity index is 1.21. The maximum atomic E-state index is 4.58. The van der Waals surface area contributed by atoms with Crippen molar-refractivity contribution in [2.45, 2.75) is 13.8 Å². The van der Waals surface area contributed by atoms with Crippen LogP contribution in [0, 0.1) is 5.92 Å². The van der Waals surface area contributed by atoms with Gasteiger partial charge in [0.15, 0.2) is 0 Å². The van der Waals surface area contributed by atoms with Crippen LogP contribution in [0.3, 0.4) is 0 Å². The lowest BCUT2D eigenvalue weighted by Gasteiger charge is -2.26. The Morgan fingerprint density at radius 3 is 1.46 bits per heavy atom. The number of anilines is 1. The summed E-state index contributed by atoms with van der Waals surface area (Å²) in [5.74, 6) is 0.416. The third-order valence-corrected chi connectivity index (χ3v) is 12.1. The lowest BCUT2D eigenvalue weighted by Crippen LogP contribution is -2.20. The molecule has 63 heavy (non-hydrogen) atoms. The summed E-state index contributed by atoms with van der Waals surface area (Å²) >= 11 is 0. The minimum absolute atomic E-state index is 0.416. The molecule has 0 aliphatic rings. The quantitative estimate of drug-likeness (QED) is 0.0828. The van der Waals surface area contributed by atoms with Gasteiger partial charge in [-0.05, 0) is 107 Å². The minimum Gasteiger partial charge on any atom is -0.338 e. The fraction of sp³-hybridized carbons (Fsp3) is 0.0645. The van der Waals surface area contributed by atoms with Crippen LogP contribution in [0.5, 0.6) is 0 Å². The summed E-state index contributed by atoms with van der Waals surface area (Å²) in [4.78, 5) is 2.28. The third-order valence-electron chi connectivity index (χ3n) is 12.1. The molecule has 0 fully saturated rings. The predicted molar refractivity (Wildman–Crippen MR) is 274 cm³/mol. The second-order valence-corrected chi connectivity index (χ2v) is 16.4. The SMILES string of the molecule is C=C(/C=C\C=C/CN(C(=C)c1ccccc1)c1ccc(-c2ccc3c(-c4ccccc4-c4ccccc4)c4ccccc4c(-c4ccccc4-c4ccccc4)c3c2)cc1)C(C)C. The largest absolute Gasteiger partial charge is 0.338 e. The van der Waals surface area contributed by atoms with Crippen molar-refractivity contribution in [3.63, 3.8) is 0 Å². The molecule has 0 aliphatic heterocycles. The molecular formula is C62H51N. The average molecular weight is 810 g/mol. The standard InChI is InChI=1S/C62H51N/c1-44(2)45(3)23-9-8-22-42-63(46(4)47-24-10-5-11-25-47)52-39-36-48(37-40-52)51-38-41-59-60(43-51)62(56-33-19-17-31-54(56)50-28-14-7-15-29-50)58-35-21-20-34-57(58)61(59)55-32-18-16-30-53(55)49-26-12-6-13-27-49/h5-41,43-44H,3-4,42H2,1-2H3/b22-8-,23-9-. The average Bonchev–Trinajstić information content (AvgIpc) is 3.35. The van der Waals surface area contributed by atoms with Crippen LogP contribution < -0.4 is 4.90 Å². The molecule has 1 nitrogen and oxygen atoms in total. The zero-order chi connectivity index (χ0) is 43.1. The first kappa shape index (κ1) is 40.7. The molecule has 1 heteroatoms. The van der Waals surface area contributed by atoms with E-state index in [9.17, 15) is 0 Å². The van der Waals surface area contributed by atoms with Crippen molar-refractivity contribution in [2.24, 2.45) is 5.92 Å². The monoisotopic (exact) mass is 809 g/mol. The maximum Gasteiger partial charge on any atom is 0.0415 e. The minimum atomic E-state index is 0.416. The molecule has 9 aromatic carbocycles. The van der Waals surface area contributed by atoms with Gasteiger partial charge in [0.2, 0.25) is 0 Å². The van der Waals surface area contributed by atoms with Gasteiger partial charge >= 0.3 is 0 Å². The van der Waals surface area contributed by atoms with E-state index in [1.165, 1.54) is 66.1 Å². The Bertz CT molecular complexity index is 3110.